The molecule has 0 spiro atoms. The van der Waals surface area contributed by atoms with Crippen molar-refractivity contribution in [3.63, 3.8) is 0 Å². The Hall–Kier alpha value is -3.07. The van der Waals surface area contributed by atoms with Gasteiger partial charge in [0.05, 0.1) is 15.6 Å². The number of oxazole rings is 1. The van der Waals surface area contributed by atoms with Crippen LogP contribution in [0.3, 0.4) is 0 Å². The number of carbonyl (C=O) groups excluding carboxylic acids is 2. The highest BCUT2D eigenvalue weighted by Gasteiger charge is 2.22. The number of aromatic nitrogens is 1. The summed E-state index contributed by atoms with van der Waals surface area (Å²) in [7, 11) is 0. The Morgan fingerprint density at radius 1 is 1.12 bits per heavy atom. The second-order valence-corrected chi connectivity index (χ2v) is 8.19. The van der Waals surface area contributed by atoms with Gasteiger partial charge in [-0.15, -0.1) is 0 Å². The zero-order valence-corrected chi connectivity index (χ0v) is 18.5. The topological polar surface area (TPSA) is 122 Å². The predicted molar refractivity (Wildman–Crippen MR) is 124 cm³/mol. The maximum atomic E-state index is 12.5. The largest absolute Gasteiger partial charge is 0.419 e. The molecular formula is C22H21Cl2N5O3. The van der Waals surface area contributed by atoms with Crippen LogP contribution in [0.5, 0.6) is 0 Å². The average Bonchev–Trinajstić information content (AvgIpc) is 3.18. The summed E-state index contributed by atoms with van der Waals surface area (Å²) in [6, 6.07) is 11.8. The highest BCUT2D eigenvalue weighted by atomic mass is 35.5. The number of primary amides is 1. The van der Waals surface area contributed by atoms with Gasteiger partial charge in [-0.05, 0) is 55.8 Å². The van der Waals surface area contributed by atoms with Crippen LogP contribution in [0.2, 0.25) is 10.0 Å². The van der Waals surface area contributed by atoms with E-state index in [0.717, 1.165) is 25.9 Å². The van der Waals surface area contributed by atoms with Gasteiger partial charge in [-0.3, -0.25) is 9.59 Å². The summed E-state index contributed by atoms with van der Waals surface area (Å²) < 4.78 is 5.73. The minimum Gasteiger partial charge on any atom is -0.419 e. The van der Waals surface area contributed by atoms with Crippen LogP contribution in [-0.4, -0.2) is 35.9 Å². The highest BCUT2D eigenvalue weighted by molar-refractivity contribution is 6.38. The Morgan fingerprint density at radius 3 is 2.47 bits per heavy atom. The first-order valence-electron chi connectivity index (χ1n) is 10.1. The van der Waals surface area contributed by atoms with Crippen LogP contribution in [0.15, 0.2) is 46.9 Å². The van der Waals surface area contributed by atoms with Gasteiger partial charge < -0.3 is 26.1 Å². The van der Waals surface area contributed by atoms with Crippen LogP contribution in [0.25, 0.3) is 11.5 Å². The second kappa shape index (κ2) is 9.60. The quantitative estimate of drug-likeness (QED) is 0.429. The molecule has 5 N–H and O–H groups in total. The van der Waals surface area contributed by atoms with Gasteiger partial charge in [0.1, 0.15) is 0 Å². The Morgan fingerprint density at radius 2 is 1.84 bits per heavy atom. The lowest BCUT2D eigenvalue weighted by atomic mass is 10.1. The van der Waals surface area contributed by atoms with Crippen molar-refractivity contribution in [3.8, 4) is 11.5 Å². The number of hydrogen-bond donors (Lipinski definition) is 4. The molecule has 4 rings (SSSR count). The highest BCUT2D eigenvalue weighted by Crippen LogP contribution is 2.36. The van der Waals surface area contributed by atoms with Gasteiger partial charge in [0.15, 0.2) is 5.69 Å². The van der Waals surface area contributed by atoms with Crippen molar-refractivity contribution in [2.24, 2.45) is 5.73 Å². The Labute approximate surface area is 194 Å². The van der Waals surface area contributed by atoms with E-state index in [1.807, 2.05) is 0 Å². The van der Waals surface area contributed by atoms with Crippen LogP contribution in [0.1, 0.15) is 33.7 Å². The first-order chi connectivity index (χ1) is 15.4. The fourth-order valence-corrected chi connectivity index (χ4v) is 4.02. The number of nitrogens with one attached hydrogen (secondary N) is 3. The molecule has 1 aliphatic rings. The molecule has 0 saturated carbocycles. The molecule has 8 nitrogen and oxygen atoms in total. The summed E-state index contributed by atoms with van der Waals surface area (Å²) in [5.41, 5.74) is 6.83. The molecule has 0 unspecified atom stereocenters. The molecule has 10 heteroatoms. The lowest BCUT2D eigenvalue weighted by Gasteiger charge is -2.23. The SMILES string of the molecule is NC(=O)c1nc(-c2c(Cl)cccc2Cl)oc1Nc1ccc(C(=O)N[C@@H]2CCCNC2)cc1. The van der Waals surface area contributed by atoms with Gasteiger partial charge >= 0.3 is 0 Å². The second-order valence-electron chi connectivity index (χ2n) is 7.38. The first kappa shape index (κ1) is 22.1. The first-order valence-corrected chi connectivity index (χ1v) is 10.8. The molecule has 1 atom stereocenters. The summed E-state index contributed by atoms with van der Waals surface area (Å²) in [5.74, 6) is -0.802. The lowest BCUT2D eigenvalue weighted by Crippen LogP contribution is -2.45. The van der Waals surface area contributed by atoms with Crippen LogP contribution < -0.4 is 21.7 Å². The van der Waals surface area contributed by atoms with Crippen molar-refractivity contribution in [1.29, 1.82) is 0 Å². The molecule has 1 aliphatic heterocycles. The summed E-state index contributed by atoms with van der Waals surface area (Å²) in [6.45, 7) is 1.75. The molecule has 1 saturated heterocycles. The number of nitrogens with zero attached hydrogens (tertiary/aromatic N) is 1. The van der Waals surface area contributed by atoms with Gasteiger partial charge in [-0.25, -0.2) is 4.98 Å². The van der Waals surface area contributed by atoms with E-state index in [1.165, 1.54) is 0 Å². The third-order valence-electron chi connectivity index (χ3n) is 5.07. The molecule has 0 radical (unpaired) electrons. The normalized spacial score (nSPS) is 15.9. The minimum absolute atomic E-state index is 0.0500. The van der Waals surface area contributed by atoms with Gasteiger partial charge in [-0.1, -0.05) is 29.3 Å². The van der Waals surface area contributed by atoms with E-state index >= 15 is 0 Å². The van der Waals surface area contributed by atoms with E-state index < -0.39 is 5.91 Å². The van der Waals surface area contributed by atoms with E-state index in [4.69, 9.17) is 33.4 Å². The van der Waals surface area contributed by atoms with Gasteiger partial charge in [-0.2, -0.15) is 0 Å². The van der Waals surface area contributed by atoms with Crippen molar-refractivity contribution in [2.45, 2.75) is 18.9 Å². The van der Waals surface area contributed by atoms with E-state index in [9.17, 15) is 9.59 Å². The smallest absolute Gasteiger partial charge is 0.273 e. The van der Waals surface area contributed by atoms with Gasteiger partial charge in [0, 0.05) is 23.8 Å². The minimum atomic E-state index is -0.775. The number of rotatable bonds is 6. The fraction of sp³-hybridized carbons (Fsp3) is 0.227. The Bertz CT molecular complexity index is 1120. The maximum absolute atomic E-state index is 12.5. The van der Waals surface area contributed by atoms with Crippen LogP contribution in [0, 0.1) is 0 Å². The number of carbonyl (C=O) groups is 2. The van der Waals surface area contributed by atoms with E-state index in [-0.39, 0.29) is 29.4 Å². The fourth-order valence-electron chi connectivity index (χ4n) is 3.46. The Balaban J connectivity index is 1.53. The van der Waals surface area contributed by atoms with Crippen molar-refractivity contribution >= 4 is 46.6 Å². The summed E-state index contributed by atoms with van der Waals surface area (Å²) in [6.07, 6.45) is 1.99. The zero-order valence-electron chi connectivity index (χ0n) is 17.0. The number of anilines is 2. The number of benzene rings is 2. The molecule has 0 bridgehead atoms. The number of amides is 2. The Kier molecular flexibility index (Phi) is 6.64. The van der Waals surface area contributed by atoms with Crippen molar-refractivity contribution < 1.29 is 14.0 Å². The molecule has 32 heavy (non-hydrogen) atoms. The molecule has 2 amide bonds. The molecule has 2 aromatic carbocycles. The van der Waals surface area contributed by atoms with Crippen LogP contribution in [-0.2, 0) is 0 Å². The number of hydrogen-bond acceptors (Lipinski definition) is 6. The van der Waals surface area contributed by atoms with Crippen LogP contribution >= 0.6 is 23.2 Å². The molecule has 1 aromatic heterocycles. The summed E-state index contributed by atoms with van der Waals surface area (Å²) in [5, 5.41) is 9.91. The zero-order chi connectivity index (χ0) is 22.7. The molecule has 0 aliphatic carbocycles. The molecule has 3 aromatic rings. The lowest BCUT2D eigenvalue weighted by molar-refractivity contribution is 0.0929. The van der Waals surface area contributed by atoms with E-state index in [1.54, 1.807) is 42.5 Å². The van der Waals surface area contributed by atoms with Crippen molar-refractivity contribution in [2.75, 3.05) is 18.4 Å². The molecule has 166 valence electrons. The molecular weight excluding hydrogens is 453 g/mol. The number of piperidine rings is 1. The molecule has 2 heterocycles. The van der Waals surface area contributed by atoms with Crippen molar-refractivity contribution in [1.82, 2.24) is 15.6 Å². The predicted octanol–water partition coefficient (Wildman–Crippen LogP) is 3.97. The molecule has 1 fully saturated rings. The van der Waals surface area contributed by atoms with Crippen LogP contribution in [0.4, 0.5) is 11.6 Å². The summed E-state index contributed by atoms with van der Waals surface area (Å²) in [4.78, 5) is 28.5. The van der Waals surface area contributed by atoms with Gasteiger partial charge in [0.2, 0.25) is 11.8 Å². The number of halogens is 2. The van der Waals surface area contributed by atoms with E-state index in [0.29, 0.717) is 26.9 Å². The van der Waals surface area contributed by atoms with E-state index in [2.05, 4.69) is 20.9 Å². The third-order valence-corrected chi connectivity index (χ3v) is 5.70. The third kappa shape index (κ3) is 4.88. The van der Waals surface area contributed by atoms with Gasteiger partial charge in [0.25, 0.3) is 11.8 Å². The summed E-state index contributed by atoms with van der Waals surface area (Å²) >= 11 is 12.4. The average molecular weight is 474 g/mol. The van der Waals surface area contributed by atoms with Crippen molar-refractivity contribution in [3.05, 3.63) is 63.8 Å². The maximum Gasteiger partial charge on any atom is 0.273 e. The number of nitrogens with two attached hydrogens (primary N) is 1. The monoisotopic (exact) mass is 473 g/mol. The standard InChI is InChI=1S/C22H21Cl2N5O3/c23-15-4-1-5-16(24)17(15)21-29-18(19(25)30)22(32-21)28-13-8-6-12(7-9-13)20(31)27-14-3-2-10-26-11-14/h1,4-9,14,26,28H,2-3,10-11H2,(H2,25,30)(H,27,31)/t14-/m1/s1.